The monoisotopic (exact) mass is 1350 g/mol. The number of rotatable bonds is 8. The smallest absolute Gasteiger partial charge is 0.252 e. The Kier molecular flexibility index (Phi) is 13.0. The van der Waals surface area contributed by atoms with E-state index < -0.39 is 5.41 Å². The average molecular weight is 1350 g/mol. The van der Waals surface area contributed by atoms with Gasteiger partial charge in [-0.15, -0.1) is 0 Å². The second kappa shape index (κ2) is 22.9. The van der Waals surface area contributed by atoms with E-state index in [0.29, 0.717) is 0 Å². The molecule has 4 heterocycles. The van der Waals surface area contributed by atoms with Crippen molar-refractivity contribution in [3.8, 4) is 78.1 Å². The van der Waals surface area contributed by atoms with Gasteiger partial charge >= 0.3 is 0 Å². The Morgan fingerprint density at radius 3 is 1.05 bits per heavy atom. The van der Waals surface area contributed by atoms with E-state index in [1.54, 1.807) is 0 Å². The van der Waals surface area contributed by atoms with Crippen LogP contribution in [0.15, 0.2) is 364 Å². The lowest BCUT2D eigenvalue weighted by molar-refractivity contribution is 0.590. The van der Waals surface area contributed by atoms with Crippen molar-refractivity contribution in [1.82, 2.24) is 9.13 Å². The van der Waals surface area contributed by atoms with Crippen molar-refractivity contribution in [2.45, 2.75) is 31.6 Å². The van der Waals surface area contributed by atoms with E-state index in [1.165, 1.54) is 105 Å². The Bertz CT molecular complexity index is 6460. The highest BCUT2D eigenvalue weighted by molar-refractivity contribution is 7.00. The summed E-state index contributed by atoms with van der Waals surface area (Å²) in [6.07, 6.45) is 0. The molecule has 2 aromatic heterocycles. The molecule has 496 valence electrons. The highest BCUT2D eigenvalue weighted by Crippen LogP contribution is 2.65. The molecule has 5 heteroatoms. The zero-order valence-electron chi connectivity index (χ0n) is 59.0. The van der Waals surface area contributed by atoms with Crippen molar-refractivity contribution in [2.75, 3.05) is 9.80 Å². The molecule has 2 aliphatic carbocycles. The van der Waals surface area contributed by atoms with Gasteiger partial charge in [-0.05, 0) is 155 Å². The van der Waals surface area contributed by atoms with Crippen LogP contribution >= 0.6 is 0 Å². The molecule has 4 aliphatic rings. The first-order valence-electron chi connectivity index (χ1n) is 37.2. The maximum Gasteiger partial charge on any atom is 0.252 e. The highest BCUT2D eigenvalue weighted by Gasteiger charge is 2.53. The Hall–Kier alpha value is -13.2. The number of hydrogen-bond donors (Lipinski definition) is 0. The summed E-state index contributed by atoms with van der Waals surface area (Å²) in [6.45, 7) is 6.94. The summed E-state index contributed by atoms with van der Waals surface area (Å²) >= 11 is 0. The predicted octanol–water partition coefficient (Wildman–Crippen LogP) is 24.3. The van der Waals surface area contributed by atoms with Gasteiger partial charge < -0.3 is 18.9 Å². The minimum absolute atomic E-state index is 0.242. The molecule has 18 aromatic rings. The number of anilines is 6. The second-order valence-electron chi connectivity index (χ2n) is 30.1. The number of para-hydroxylation sites is 5. The van der Waals surface area contributed by atoms with Gasteiger partial charge in [0, 0.05) is 77.9 Å². The van der Waals surface area contributed by atoms with Crippen LogP contribution in [0.2, 0.25) is 0 Å². The summed E-state index contributed by atoms with van der Waals surface area (Å²) in [4.78, 5) is 5.41. The van der Waals surface area contributed by atoms with Gasteiger partial charge in [-0.2, -0.15) is 0 Å². The van der Waals surface area contributed by atoms with Crippen molar-refractivity contribution in [1.29, 1.82) is 0 Å². The van der Waals surface area contributed by atoms with E-state index >= 15 is 0 Å². The Morgan fingerprint density at radius 1 is 0.274 bits per heavy atom. The normalized spacial score (nSPS) is 13.4. The van der Waals surface area contributed by atoms with Crippen LogP contribution in [-0.4, -0.2) is 15.8 Å². The molecule has 0 amide bonds. The molecule has 0 atom stereocenters. The number of nitrogens with zero attached hydrogens (tertiary/aromatic N) is 4. The van der Waals surface area contributed by atoms with Crippen LogP contribution in [0.3, 0.4) is 0 Å². The van der Waals surface area contributed by atoms with E-state index in [1.807, 2.05) is 0 Å². The molecule has 0 unspecified atom stereocenters. The Balaban J connectivity index is 0.884. The highest BCUT2D eigenvalue weighted by atomic mass is 15.2. The van der Waals surface area contributed by atoms with Gasteiger partial charge in [-0.25, -0.2) is 0 Å². The summed E-state index contributed by atoms with van der Waals surface area (Å²) in [7, 11) is 0. The van der Waals surface area contributed by atoms with Crippen LogP contribution in [0, 0.1) is 0 Å². The second-order valence-corrected chi connectivity index (χ2v) is 30.1. The molecule has 106 heavy (non-hydrogen) atoms. The fraction of sp³-hybridized carbons (Fsp3) is 0.0495. The lowest BCUT2D eigenvalue weighted by atomic mass is 9.33. The topological polar surface area (TPSA) is 16.3 Å². The van der Waals surface area contributed by atoms with Crippen molar-refractivity contribution in [2.24, 2.45) is 0 Å². The number of hydrogen-bond acceptors (Lipinski definition) is 2. The zero-order valence-corrected chi connectivity index (χ0v) is 59.0. The van der Waals surface area contributed by atoms with Crippen molar-refractivity contribution >= 4 is 101 Å². The van der Waals surface area contributed by atoms with Gasteiger partial charge in [0.15, 0.2) is 0 Å². The van der Waals surface area contributed by atoms with E-state index in [-0.39, 0.29) is 12.1 Å². The van der Waals surface area contributed by atoms with Crippen LogP contribution in [0.4, 0.5) is 34.1 Å². The molecular formula is C101H69BN4. The lowest BCUT2D eigenvalue weighted by Gasteiger charge is -2.46. The van der Waals surface area contributed by atoms with Crippen LogP contribution in [0.1, 0.15) is 48.6 Å². The number of benzene rings is 16. The van der Waals surface area contributed by atoms with Crippen LogP contribution in [0.25, 0.3) is 122 Å². The first-order valence-corrected chi connectivity index (χ1v) is 37.2. The largest absolute Gasteiger partial charge is 0.310 e. The standard InChI is InChI=1S/C101H69BN4/c1-100(2,3)68-60-93-97-94(61-68)106(99-73(66-34-12-6-13-35-66)46-29-47-74(99)67-36-14-7-15-37-67)92-63-70(104-89-53-27-21-43-81(89)95-90(104)59-56-80-77-40-18-24-50-84(77)101(96(80)95)82-48-22-16-38-75(82)76-39-17-23-49-83(76)101)55-58-86(92)102(97)85-57-54-69(103-87-51-25-19-41-78(87)79-42-20-26-52-88(79)103)62-91(85)105(93)98-71(64-30-8-4-9-31-64)44-28-45-72(98)65-32-10-5-11-33-65/h4-63H,1-3H3. The van der Waals surface area contributed by atoms with Gasteiger partial charge in [-0.1, -0.05) is 324 Å². The fourth-order valence-electron chi connectivity index (χ4n) is 19.3. The van der Waals surface area contributed by atoms with Gasteiger partial charge in [0.25, 0.3) is 6.71 Å². The summed E-state index contributed by atoms with van der Waals surface area (Å²) in [6, 6.07) is 138. The van der Waals surface area contributed by atoms with Crippen LogP contribution < -0.4 is 26.2 Å². The van der Waals surface area contributed by atoms with E-state index in [9.17, 15) is 0 Å². The summed E-state index contributed by atoms with van der Waals surface area (Å²) in [5.41, 5.74) is 37.4. The molecule has 22 rings (SSSR count). The summed E-state index contributed by atoms with van der Waals surface area (Å²) in [5.74, 6) is 0. The van der Waals surface area contributed by atoms with Crippen LogP contribution in [-0.2, 0) is 10.8 Å². The van der Waals surface area contributed by atoms with Crippen molar-refractivity contribution in [3.05, 3.63) is 392 Å². The maximum atomic E-state index is 2.72. The molecule has 2 aliphatic heterocycles. The lowest BCUT2D eigenvalue weighted by Crippen LogP contribution is -2.61. The zero-order chi connectivity index (χ0) is 70.1. The molecule has 0 saturated heterocycles. The van der Waals surface area contributed by atoms with Gasteiger partial charge in [0.1, 0.15) is 0 Å². The first kappa shape index (κ1) is 60.4. The molecule has 1 spiro atoms. The fourth-order valence-corrected chi connectivity index (χ4v) is 19.3. The minimum Gasteiger partial charge on any atom is -0.310 e. The number of fused-ring (bicyclic) bond motifs is 21. The SMILES string of the molecule is CC(C)(C)c1cc2c3c(c1)N(c1c(-c4ccccc4)cccc1-c1ccccc1)c1cc(-n4c5ccccc5c5c6c(ccc54)-c4ccccc4C64c5ccccc5-c5ccccc54)ccc1B3c1ccc(-n3c4ccccc4c4ccccc43)cc1N2c1c(-c2ccccc2)cccc1-c1ccccc1. The van der Waals surface area contributed by atoms with Gasteiger partial charge in [0.2, 0.25) is 0 Å². The third-order valence-electron chi connectivity index (χ3n) is 23.6. The average Bonchev–Trinajstić information content (AvgIpc) is 1.46. The Labute approximate surface area is 617 Å². The quantitative estimate of drug-likeness (QED) is 0.141. The van der Waals surface area contributed by atoms with Crippen molar-refractivity contribution < 1.29 is 0 Å². The van der Waals surface area contributed by atoms with E-state index in [4.69, 9.17) is 0 Å². The van der Waals surface area contributed by atoms with Gasteiger partial charge in [-0.3, -0.25) is 0 Å². The molecular weight excluding hydrogens is 1280 g/mol. The van der Waals surface area contributed by atoms with E-state index in [2.05, 4.69) is 404 Å². The van der Waals surface area contributed by atoms with Crippen molar-refractivity contribution in [3.63, 3.8) is 0 Å². The molecule has 0 bridgehead atoms. The minimum atomic E-state index is -0.561. The predicted molar refractivity (Wildman–Crippen MR) is 446 cm³/mol. The Morgan fingerprint density at radius 2 is 0.623 bits per heavy atom. The third-order valence-corrected chi connectivity index (χ3v) is 23.6. The molecule has 16 aromatic carbocycles. The number of aromatic nitrogens is 2. The molecule has 4 nitrogen and oxygen atoms in total. The molecule has 0 fully saturated rings. The molecule has 0 saturated carbocycles. The van der Waals surface area contributed by atoms with Gasteiger partial charge in [0.05, 0.1) is 38.9 Å². The van der Waals surface area contributed by atoms with E-state index in [0.717, 1.165) is 95.5 Å². The summed E-state index contributed by atoms with van der Waals surface area (Å²) in [5, 5.41) is 4.97. The molecule has 0 radical (unpaired) electrons. The third kappa shape index (κ3) is 8.48. The first-order chi connectivity index (χ1) is 52.3. The maximum absolute atomic E-state index is 2.72. The molecule has 0 N–H and O–H groups in total. The van der Waals surface area contributed by atoms with Crippen LogP contribution in [0.5, 0.6) is 0 Å². The summed E-state index contributed by atoms with van der Waals surface area (Å²) < 4.78 is 5.10.